The summed E-state index contributed by atoms with van der Waals surface area (Å²) in [5.41, 5.74) is 2.06. The molecule has 1 saturated carbocycles. The minimum absolute atomic E-state index is 0.150. The first-order valence-electron chi connectivity index (χ1n) is 8.98. The van der Waals surface area contributed by atoms with Crippen LogP contribution in [0.5, 0.6) is 0 Å². The van der Waals surface area contributed by atoms with E-state index < -0.39 is 5.41 Å². The number of nitrogens with one attached hydrogen (secondary N) is 2. The van der Waals surface area contributed by atoms with Crippen molar-refractivity contribution in [1.82, 2.24) is 10.2 Å². The molecule has 3 rings (SSSR count). The van der Waals surface area contributed by atoms with Gasteiger partial charge in [0.05, 0.1) is 13.2 Å². The summed E-state index contributed by atoms with van der Waals surface area (Å²) in [6, 6.07) is 5.91. The fraction of sp³-hybridized carbons (Fsp3) is 0.579. The van der Waals surface area contributed by atoms with Crippen LogP contribution in [0.2, 0.25) is 0 Å². The Morgan fingerprint density at radius 3 is 2.32 bits per heavy atom. The van der Waals surface area contributed by atoms with Crippen LogP contribution in [0.3, 0.4) is 0 Å². The van der Waals surface area contributed by atoms with E-state index in [1.165, 1.54) is 0 Å². The molecule has 6 heteroatoms. The van der Waals surface area contributed by atoms with E-state index >= 15 is 0 Å². The summed E-state index contributed by atoms with van der Waals surface area (Å²) in [5.74, 6) is -0.344. The maximum atomic E-state index is 12.6. The molecule has 2 aliphatic rings. The Bertz CT molecular complexity index is 629. The zero-order valence-electron chi connectivity index (χ0n) is 15.1. The van der Waals surface area contributed by atoms with Crippen LogP contribution in [0, 0.1) is 19.3 Å². The molecule has 1 saturated heterocycles. The minimum atomic E-state index is -0.886. The highest BCUT2D eigenvalue weighted by Gasteiger charge is 2.56. The van der Waals surface area contributed by atoms with Gasteiger partial charge in [-0.3, -0.25) is 14.5 Å². The lowest BCUT2D eigenvalue weighted by atomic mass is 10.0. The smallest absolute Gasteiger partial charge is 0.240 e. The monoisotopic (exact) mass is 345 g/mol. The van der Waals surface area contributed by atoms with E-state index in [-0.39, 0.29) is 11.8 Å². The van der Waals surface area contributed by atoms with E-state index in [4.69, 9.17) is 4.74 Å². The molecule has 6 nitrogen and oxygen atoms in total. The Morgan fingerprint density at radius 1 is 1.08 bits per heavy atom. The normalized spacial score (nSPS) is 19.3. The molecule has 1 heterocycles. The molecule has 0 bridgehead atoms. The predicted molar refractivity (Wildman–Crippen MR) is 96.5 cm³/mol. The van der Waals surface area contributed by atoms with Crippen LogP contribution in [0.25, 0.3) is 0 Å². The van der Waals surface area contributed by atoms with Gasteiger partial charge < -0.3 is 15.4 Å². The lowest BCUT2D eigenvalue weighted by molar-refractivity contribution is -0.134. The molecule has 1 aromatic carbocycles. The van der Waals surface area contributed by atoms with Gasteiger partial charge in [0, 0.05) is 31.9 Å². The van der Waals surface area contributed by atoms with Crippen LogP contribution >= 0.6 is 0 Å². The van der Waals surface area contributed by atoms with E-state index in [0.717, 1.165) is 49.7 Å². The van der Waals surface area contributed by atoms with Crippen molar-refractivity contribution in [3.8, 4) is 0 Å². The summed E-state index contributed by atoms with van der Waals surface area (Å²) >= 11 is 0. The van der Waals surface area contributed by atoms with Crippen LogP contribution in [0.15, 0.2) is 18.2 Å². The number of anilines is 1. The molecule has 0 spiro atoms. The van der Waals surface area contributed by atoms with Crippen molar-refractivity contribution in [2.45, 2.75) is 26.7 Å². The first-order chi connectivity index (χ1) is 12.0. The van der Waals surface area contributed by atoms with Gasteiger partial charge in [-0.15, -0.1) is 0 Å². The predicted octanol–water partition coefficient (Wildman–Crippen LogP) is 1.47. The second-order valence-corrected chi connectivity index (χ2v) is 7.12. The molecular weight excluding hydrogens is 318 g/mol. The number of nitrogens with zero attached hydrogens (tertiary/aromatic N) is 1. The third-order valence-electron chi connectivity index (χ3n) is 4.92. The molecule has 0 unspecified atom stereocenters. The Hall–Kier alpha value is -1.92. The number of carbonyl (C=O) groups is 2. The molecule has 136 valence electrons. The second-order valence-electron chi connectivity index (χ2n) is 7.12. The zero-order valence-corrected chi connectivity index (χ0v) is 15.1. The Morgan fingerprint density at radius 2 is 1.72 bits per heavy atom. The number of morpholine rings is 1. The topological polar surface area (TPSA) is 70.7 Å². The molecule has 1 aliphatic carbocycles. The first-order valence-corrected chi connectivity index (χ1v) is 8.98. The highest BCUT2D eigenvalue weighted by Crippen LogP contribution is 2.46. The number of carbonyl (C=O) groups excluding carboxylic acids is 2. The maximum absolute atomic E-state index is 12.6. The molecule has 0 aromatic heterocycles. The third-order valence-corrected chi connectivity index (χ3v) is 4.92. The molecule has 1 aliphatic heterocycles. The van der Waals surface area contributed by atoms with Gasteiger partial charge in [-0.2, -0.15) is 0 Å². The molecule has 0 atom stereocenters. The quantitative estimate of drug-likeness (QED) is 0.766. The van der Waals surface area contributed by atoms with E-state index in [1.54, 1.807) is 0 Å². The fourth-order valence-electron chi connectivity index (χ4n) is 3.30. The third kappa shape index (κ3) is 4.38. The van der Waals surface area contributed by atoms with Crippen molar-refractivity contribution in [3.05, 3.63) is 29.3 Å². The summed E-state index contributed by atoms with van der Waals surface area (Å²) in [5, 5.41) is 5.86. The average Bonchev–Trinajstić information content (AvgIpc) is 3.36. The van der Waals surface area contributed by atoms with Gasteiger partial charge in [0.25, 0.3) is 0 Å². The largest absolute Gasteiger partial charge is 0.379 e. The van der Waals surface area contributed by atoms with E-state index in [2.05, 4.69) is 21.6 Å². The van der Waals surface area contributed by atoms with Gasteiger partial charge in [-0.1, -0.05) is 6.07 Å². The summed E-state index contributed by atoms with van der Waals surface area (Å²) < 4.78 is 5.31. The molecule has 1 aromatic rings. The lowest BCUT2D eigenvalue weighted by Gasteiger charge is -2.26. The van der Waals surface area contributed by atoms with Crippen molar-refractivity contribution in [3.63, 3.8) is 0 Å². The molecule has 2 N–H and O–H groups in total. The number of hydrogen-bond donors (Lipinski definition) is 2. The van der Waals surface area contributed by atoms with Gasteiger partial charge in [0.15, 0.2) is 0 Å². The number of ether oxygens (including phenoxy) is 1. The van der Waals surface area contributed by atoms with Crippen molar-refractivity contribution < 1.29 is 14.3 Å². The van der Waals surface area contributed by atoms with Gasteiger partial charge in [-0.05, 0) is 49.9 Å². The number of hydrogen-bond acceptors (Lipinski definition) is 4. The van der Waals surface area contributed by atoms with Gasteiger partial charge in [0.2, 0.25) is 11.8 Å². The first kappa shape index (κ1) is 17.9. The Balaban J connectivity index is 1.51. The van der Waals surface area contributed by atoms with Crippen molar-refractivity contribution >= 4 is 17.5 Å². The Labute approximate surface area is 148 Å². The van der Waals surface area contributed by atoms with Crippen molar-refractivity contribution in [1.29, 1.82) is 0 Å². The van der Waals surface area contributed by atoms with Gasteiger partial charge in [-0.25, -0.2) is 0 Å². The average molecular weight is 345 g/mol. The summed E-state index contributed by atoms with van der Waals surface area (Å²) in [7, 11) is 0. The summed E-state index contributed by atoms with van der Waals surface area (Å²) in [6.45, 7) is 8.64. The van der Waals surface area contributed by atoms with Crippen molar-refractivity contribution in [2.75, 3.05) is 44.7 Å². The summed E-state index contributed by atoms with van der Waals surface area (Å²) in [4.78, 5) is 27.4. The van der Waals surface area contributed by atoms with Crippen LogP contribution in [-0.4, -0.2) is 56.1 Å². The minimum Gasteiger partial charge on any atom is -0.379 e. The standard InChI is InChI=1S/C19H27N3O3/c1-14-11-15(2)13-16(12-14)21-18(24)19(3-4-19)17(23)20-5-6-22-7-9-25-10-8-22/h11-13H,3-10H2,1-2H3,(H,20,23)(H,21,24). The van der Waals surface area contributed by atoms with Crippen LogP contribution < -0.4 is 10.6 Å². The summed E-state index contributed by atoms with van der Waals surface area (Å²) in [6.07, 6.45) is 1.24. The van der Waals surface area contributed by atoms with Crippen LogP contribution in [0.4, 0.5) is 5.69 Å². The molecule has 0 radical (unpaired) electrons. The second kappa shape index (κ2) is 7.54. The molecule has 25 heavy (non-hydrogen) atoms. The maximum Gasteiger partial charge on any atom is 0.240 e. The lowest BCUT2D eigenvalue weighted by Crippen LogP contribution is -2.45. The Kier molecular flexibility index (Phi) is 5.39. The fourth-order valence-corrected chi connectivity index (χ4v) is 3.30. The molecule has 2 amide bonds. The number of rotatable bonds is 6. The molecule has 2 fully saturated rings. The van der Waals surface area contributed by atoms with Crippen LogP contribution in [-0.2, 0) is 14.3 Å². The number of benzene rings is 1. The van der Waals surface area contributed by atoms with Crippen molar-refractivity contribution in [2.24, 2.45) is 5.41 Å². The SMILES string of the molecule is Cc1cc(C)cc(NC(=O)C2(C(=O)NCCN3CCOCC3)CC2)c1. The van der Waals surface area contributed by atoms with Gasteiger partial charge >= 0.3 is 0 Å². The van der Waals surface area contributed by atoms with Crippen LogP contribution in [0.1, 0.15) is 24.0 Å². The van der Waals surface area contributed by atoms with E-state index in [1.807, 2.05) is 26.0 Å². The molecular formula is C19H27N3O3. The van der Waals surface area contributed by atoms with Gasteiger partial charge in [0.1, 0.15) is 5.41 Å². The number of aryl methyl sites for hydroxylation is 2. The van der Waals surface area contributed by atoms with E-state index in [9.17, 15) is 9.59 Å². The highest BCUT2D eigenvalue weighted by molar-refractivity contribution is 6.13. The highest BCUT2D eigenvalue weighted by atomic mass is 16.5. The number of amides is 2. The van der Waals surface area contributed by atoms with E-state index in [0.29, 0.717) is 19.4 Å². The zero-order chi connectivity index (χ0) is 17.9.